The molecule has 0 radical (unpaired) electrons. The highest BCUT2D eigenvalue weighted by Gasteiger charge is 2.15. The topological polar surface area (TPSA) is 52.3 Å². The van der Waals surface area contributed by atoms with Crippen molar-refractivity contribution in [3.8, 4) is 0 Å². The zero-order valence-electron chi connectivity index (χ0n) is 6.80. The van der Waals surface area contributed by atoms with E-state index in [-0.39, 0.29) is 11.3 Å². The van der Waals surface area contributed by atoms with Gasteiger partial charge in [-0.2, -0.15) is 0 Å². The lowest BCUT2D eigenvalue weighted by atomic mass is 10.2. The van der Waals surface area contributed by atoms with Crippen LogP contribution in [0.3, 0.4) is 0 Å². The van der Waals surface area contributed by atoms with Gasteiger partial charge in [-0.25, -0.2) is 9.18 Å². The largest absolute Gasteiger partial charge is 0.465 e. The summed E-state index contributed by atoms with van der Waals surface area (Å²) in [6, 6.07) is 2.91. The van der Waals surface area contributed by atoms with E-state index >= 15 is 0 Å². The molecular formula is C8H7FINO2. The number of rotatable bonds is 1. The first-order chi connectivity index (χ1) is 6.07. The number of carbonyl (C=O) groups excluding carboxylic acids is 1. The van der Waals surface area contributed by atoms with E-state index in [1.807, 2.05) is 22.6 Å². The lowest BCUT2D eigenvalue weighted by molar-refractivity contribution is 0.0595. The van der Waals surface area contributed by atoms with Gasteiger partial charge < -0.3 is 10.5 Å². The van der Waals surface area contributed by atoms with Crippen LogP contribution in [0.2, 0.25) is 0 Å². The first-order valence-electron chi connectivity index (χ1n) is 3.39. The van der Waals surface area contributed by atoms with Gasteiger partial charge in [0.05, 0.1) is 18.4 Å². The Bertz CT molecular complexity index is 354. The molecule has 0 heterocycles. The Morgan fingerprint density at radius 2 is 2.23 bits per heavy atom. The summed E-state index contributed by atoms with van der Waals surface area (Å²) in [5.74, 6) is -1.45. The molecule has 0 unspecified atom stereocenters. The van der Waals surface area contributed by atoms with Gasteiger partial charge in [-0.1, -0.05) is 0 Å². The molecule has 5 heteroatoms. The molecule has 0 atom stereocenters. The number of esters is 1. The number of nitrogen functional groups attached to an aromatic ring is 1. The third-order valence-corrected chi connectivity index (χ3v) is 2.47. The van der Waals surface area contributed by atoms with E-state index in [1.165, 1.54) is 13.2 Å². The maximum Gasteiger partial charge on any atom is 0.340 e. The molecular weight excluding hydrogens is 288 g/mol. The standard InChI is InChI=1S/C8H7FINO2/c1-13-8(12)4-2-3-5(10)7(11)6(4)9/h2-3H,11H2,1H3. The lowest BCUT2D eigenvalue weighted by Crippen LogP contribution is -2.07. The van der Waals surface area contributed by atoms with Crippen LogP contribution in [0.5, 0.6) is 0 Å². The van der Waals surface area contributed by atoms with E-state index in [2.05, 4.69) is 4.74 Å². The zero-order chi connectivity index (χ0) is 10.0. The number of hydrogen-bond donors (Lipinski definition) is 1. The average molecular weight is 295 g/mol. The minimum Gasteiger partial charge on any atom is -0.465 e. The summed E-state index contributed by atoms with van der Waals surface area (Å²) < 4.78 is 18.2. The quantitative estimate of drug-likeness (QED) is 0.488. The van der Waals surface area contributed by atoms with Crippen molar-refractivity contribution in [3.63, 3.8) is 0 Å². The highest BCUT2D eigenvalue weighted by atomic mass is 127. The Morgan fingerprint density at radius 3 is 2.77 bits per heavy atom. The molecule has 1 aromatic carbocycles. The number of carbonyl (C=O) groups is 1. The van der Waals surface area contributed by atoms with E-state index in [0.29, 0.717) is 3.57 Å². The van der Waals surface area contributed by atoms with Gasteiger partial charge in [0, 0.05) is 3.57 Å². The summed E-state index contributed by atoms with van der Waals surface area (Å²) in [5, 5.41) is 0. The van der Waals surface area contributed by atoms with Crippen LogP contribution in [0.15, 0.2) is 12.1 Å². The number of ether oxygens (including phenoxy) is 1. The first-order valence-corrected chi connectivity index (χ1v) is 4.47. The highest BCUT2D eigenvalue weighted by Crippen LogP contribution is 2.21. The molecule has 3 nitrogen and oxygen atoms in total. The smallest absolute Gasteiger partial charge is 0.340 e. The fourth-order valence-electron chi connectivity index (χ4n) is 0.837. The molecule has 0 aliphatic rings. The molecule has 70 valence electrons. The molecule has 0 aromatic heterocycles. The molecule has 0 fully saturated rings. The van der Waals surface area contributed by atoms with E-state index < -0.39 is 11.8 Å². The molecule has 2 N–H and O–H groups in total. The molecule has 0 aliphatic heterocycles. The Labute approximate surface area is 88.2 Å². The second-order valence-corrected chi connectivity index (χ2v) is 3.48. The van der Waals surface area contributed by atoms with Crippen LogP contribution in [0.1, 0.15) is 10.4 Å². The Balaban J connectivity index is 3.26. The van der Waals surface area contributed by atoms with E-state index in [4.69, 9.17) is 5.73 Å². The summed E-state index contributed by atoms with van der Waals surface area (Å²) in [6.45, 7) is 0. The van der Waals surface area contributed by atoms with Crippen LogP contribution >= 0.6 is 22.6 Å². The van der Waals surface area contributed by atoms with Gasteiger partial charge in [0.2, 0.25) is 0 Å². The molecule has 0 amide bonds. The van der Waals surface area contributed by atoms with Gasteiger partial charge in [0.25, 0.3) is 0 Å². The summed E-state index contributed by atoms with van der Waals surface area (Å²) in [4.78, 5) is 11.0. The number of hydrogen-bond acceptors (Lipinski definition) is 3. The predicted octanol–water partition coefficient (Wildman–Crippen LogP) is 1.80. The number of halogens is 2. The van der Waals surface area contributed by atoms with E-state index in [0.717, 1.165) is 0 Å². The summed E-state index contributed by atoms with van der Waals surface area (Å²) in [6.07, 6.45) is 0. The second kappa shape index (κ2) is 3.91. The number of nitrogens with two attached hydrogens (primary N) is 1. The fraction of sp³-hybridized carbons (Fsp3) is 0.125. The highest BCUT2D eigenvalue weighted by molar-refractivity contribution is 14.1. The maximum atomic E-state index is 13.3. The zero-order valence-corrected chi connectivity index (χ0v) is 8.96. The number of anilines is 1. The normalized spacial score (nSPS) is 9.77. The van der Waals surface area contributed by atoms with Crippen molar-refractivity contribution < 1.29 is 13.9 Å². The van der Waals surface area contributed by atoms with Gasteiger partial charge in [0.1, 0.15) is 0 Å². The Kier molecular flexibility index (Phi) is 3.07. The molecule has 0 bridgehead atoms. The molecule has 0 saturated heterocycles. The fourth-order valence-corrected chi connectivity index (χ4v) is 1.25. The van der Waals surface area contributed by atoms with Gasteiger partial charge >= 0.3 is 5.97 Å². The third-order valence-electron chi connectivity index (χ3n) is 1.53. The van der Waals surface area contributed by atoms with Crippen molar-refractivity contribution in [2.24, 2.45) is 0 Å². The minimum absolute atomic E-state index is 0.0245. The molecule has 1 aromatic rings. The monoisotopic (exact) mass is 295 g/mol. The van der Waals surface area contributed by atoms with Crippen molar-refractivity contribution in [2.75, 3.05) is 12.8 Å². The van der Waals surface area contributed by atoms with Crippen LogP contribution in [-0.4, -0.2) is 13.1 Å². The summed E-state index contributed by atoms with van der Waals surface area (Å²) in [5.41, 5.74) is 5.22. The number of methoxy groups -OCH3 is 1. The molecule has 0 spiro atoms. The van der Waals surface area contributed by atoms with Crippen LogP contribution in [0, 0.1) is 9.39 Å². The van der Waals surface area contributed by atoms with Crippen molar-refractivity contribution >= 4 is 34.2 Å². The molecule has 1 rings (SSSR count). The average Bonchev–Trinajstić information content (AvgIpc) is 2.13. The minimum atomic E-state index is -0.723. The first kappa shape index (κ1) is 10.2. The lowest BCUT2D eigenvalue weighted by Gasteiger charge is -2.04. The van der Waals surface area contributed by atoms with Crippen LogP contribution < -0.4 is 5.73 Å². The van der Waals surface area contributed by atoms with Gasteiger partial charge in [-0.15, -0.1) is 0 Å². The second-order valence-electron chi connectivity index (χ2n) is 2.31. The van der Waals surface area contributed by atoms with Crippen molar-refractivity contribution in [1.29, 1.82) is 0 Å². The van der Waals surface area contributed by atoms with Crippen molar-refractivity contribution in [3.05, 3.63) is 27.1 Å². The van der Waals surface area contributed by atoms with Gasteiger partial charge in [-0.05, 0) is 34.7 Å². The van der Waals surface area contributed by atoms with Crippen LogP contribution in [-0.2, 0) is 4.74 Å². The third kappa shape index (κ3) is 1.90. The van der Waals surface area contributed by atoms with Crippen LogP contribution in [0.25, 0.3) is 0 Å². The van der Waals surface area contributed by atoms with Crippen molar-refractivity contribution in [2.45, 2.75) is 0 Å². The summed E-state index contributed by atoms with van der Waals surface area (Å²) in [7, 11) is 1.19. The maximum absolute atomic E-state index is 13.3. The summed E-state index contributed by atoms with van der Waals surface area (Å²) >= 11 is 1.89. The van der Waals surface area contributed by atoms with Gasteiger partial charge in [0.15, 0.2) is 5.82 Å². The molecule has 13 heavy (non-hydrogen) atoms. The number of benzene rings is 1. The SMILES string of the molecule is COC(=O)c1ccc(I)c(N)c1F. The van der Waals surface area contributed by atoms with E-state index in [1.54, 1.807) is 6.07 Å². The predicted molar refractivity (Wildman–Crippen MR) is 54.9 cm³/mol. The molecule has 0 saturated carbocycles. The Hall–Kier alpha value is -0.850. The van der Waals surface area contributed by atoms with E-state index in [9.17, 15) is 9.18 Å². The van der Waals surface area contributed by atoms with Gasteiger partial charge in [-0.3, -0.25) is 0 Å². The molecule has 0 aliphatic carbocycles. The van der Waals surface area contributed by atoms with Crippen molar-refractivity contribution in [1.82, 2.24) is 0 Å². The van der Waals surface area contributed by atoms with Crippen LogP contribution in [0.4, 0.5) is 10.1 Å². The Morgan fingerprint density at radius 1 is 1.62 bits per heavy atom.